The van der Waals surface area contributed by atoms with Gasteiger partial charge in [-0.2, -0.15) is 5.26 Å². The van der Waals surface area contributed by atoms with Crippen molar-refractivity contribution in [3.8, 4) is 6.07 Å². The van der Waals surface area contributed by atoms with E-state index in [0.717, 1.165) is 0 Å². The number of anilines is 1. The molecule has 1 amide bonds. The fourth-order valence-electron chi connectivity index (χ4n) is 3.33. The van der Waals surface area contributed by atoms with Crippen LogP contribution in [0.1, 0.15) is 39.0 Å². The maximum Gasteiger partial charge on any atom is 0.238 e. The Balaban J connectivity index is 1.78. The number of ketones is 1. The quantitative estimate of drug-likeness (QED) is 0.443. The number of nitriles is 1. The Labute approximate surface area is 207 Å². The van der Waals surface area contributed by atoms with Crippen LogP contribution in [0.25, 0.3) is 0 Å². The number of nitrogens with two attached hydrogens (primary N) is 1. The van der Waals surface area contributed by atoms with Crippen LogP contribution in [0.5, 0.6) is 0 Å². The number of carbonyl (C=O) groups excluding carboxylic acids is 2. The third-order valence-electron chi connectivity index (χ3n) is 5.03. The number of amides is 1. The molecular weight excluding hydrogens is 497 g/mol. The number of rotatable bonds is 7. The minimum Gasteiger partial charge on any atom is -0.326 e. The predicted molar refractivity (Wildman–Crippen MR) is 131 cm³/mol. The molecule has 0 fully saturated rings. The van der Waals surface area contributed by atoms with Gasteiger partial charge in [0.05, 0.1) is 16.5 Å². The van der Waals surface area contributed by atoms with Gasteiger partial charge in [-0.3, -0.25) is 9.59 Å². The molecule has 10 heteroatoms. The number of nitrogens with one attached hydrogen (secondary N) is 1. The fraction of sp³-hybridized carbons (Fsp3) is 0.125. The summed E-state index contributed by atoms with van der Waals surface area (Å²) in [5, 5.41) is 17.6. The molecule has 3 aromatic carbocycles. The Morgan fingerprint density at radius 1 is 1.03 bits per heavy atom. The lowest BCUT2D eigenvalue weighted by molar-refractivity contribution is -0.116. The van der Waals surface area contributed by atoms with Gasteiger partial charge in [0.1, 0.15) is 0 Å². The van der Waals surface area contributed by atoms with Crippen molar-refractivity contribution in [3.05, 3.63) is 92.5 Å². The highest BCUT2D eigenvalue weighted by molar-refractivity contribution is 7.89. The van der Waals surface area contributed by atoms with Gasteiger partial charge in [-0.25, -0.2) is 13.6 Å². The van der Waals surface area contributed by atoms with E-state index in [2.05, 4.69) is 5.32 Å². The molecule has 34 heavy (non-hydrogen) atoms. The summed E-state index contributed by atoms with van der Waals surface area (Å²) < 4.78 is 23.0. The SMILES string of the molecule is Cc1cc(S(N)(=O)=O)ccc1NC(=O)CCc1ccc(Cl)cc1C(=O)c1cc(Cl)cc(C#N)c1. The van der Waals surface area contributed by atoms with E-state index >= 15 is 0 Å². The average molecular weight is 516 g/mol. The van der Waals surface area contributed by atoms with Crippen LogP contribution >= 0.6 is 23.2 Å². The minimum atomic E-state index is -3.84. The first-order valence-electron chi connectivity index (χ1n) is 9.95. The van der Waals surface area contributed by atoms with Crippen LogP contribution in [0.15, 0.2) is 59.5 Å². The van der Waals surface area contributed by atoms with Crippen molar-refractivity contribution in [1.29, 1.82) is 5.26 Å². The minimum absolute atomic E-state index is 0.0483. The van der Waals surface area contributed by atoms with Gasteiger partial charge in [0.25, 0.3) is 0 Å². The molecule has 3 aromatic rings. The molecule has 0 saturated heterocycles. The number of carbonyl (C=O) groups is 2. The molecule has 0 aromatic heterocycles. The van der Waals surface area contributed by atoms with E-state index in [9.17, 15) is 18.0 Å². The summed E-state index contributed by atoms with van der Waals surface area (Å²) in [6, 6.07) is 15.3. The second-order valence-corrected chi connectivity index (χ2v) is 9.98. The molecule has 7 nitrogen and oxygen atoms in total. The van der Waals surface area contributed by atoms with Crippen molar-refractivity contribution < 1.29 is 18.0 Å². The molecule has 0 atom stereocenters. The van der Waals surface area contributed by atoms with Crippen LogP contribution in [0, 0.1) is 18.3 Å². The smallest absolute Gasteiger partial charge is 0.238 e. The van der Waals surface area contributed by atoms with Gasteiger partial charge in [-0.05, 0) is 73.0 Å². The number of hydrogen-bond donors (Lipinski definition) is 2. The molecule has 3 rings (SSSR count). The molecule has 0 radical (unpaired) electrons. The highest BCUT2D eigenvalue weighted by Gasteiger charge is 2.17. The first-order valence-corrected chi connectivity index (χ1v) is 12.3. The Hall–Kier alpha value is -3.22. The summed E-state index contributed by atoms with van der Waals surface area (Å²) >= 11 is 12.1. The Morgan fingerprint density at radius 3 is 2.41 bits per heavy atom. The summed E-state index contributed by atoms with van der Waals surface area (Å²) in [7, 11) is -3.84. The van der Waals surface area contributed by atoms with Crippen LogP contribution in [0.3, 0.4) is 0 Å². The number of aryl methyl sites for hydroxylation is 2. The normalized spacial score (nSPS) is 11.0. The topological polar surface area (TPSA) is 130 Å². The molecule has 3 N–H and O–H groups in total. The lowest BCUT2D eigenvalue weighted by atomic mass is 9.95. The van der Waals surface area contributed by atoms with E-state index in [0.29, 0.717) is 27.4 Å². The van der Waals surface area contributed by atoms with Gasteiger partial charge in [0.2, 0.25) is 15.9 Å². The lowest BCUT2D eigenvalue weighted by Crippen LogP contribution is -2.16. The standard InChI is InChI=1S/C24H19Cl2N3O4S/c1-14-8-20(34(28,32)33)5-6-22(14)29-23(30)7-3-16-2-4-18(25)12-21(16)24(31)17-9-15(13-27)10-19(26)11-17/h2,4-6,8-12H,3,7H2,1H3,(H,29,30)(H2,28,32,33). The van der Waals surface area contributed by atoms with Gasteiger partial charge in [-0.15, -0.1) is 0 Å². The van der Waals surface area contributed by atoms with Crippen molar-refractivity contribution in [2.45, 2.75) is 24.7 Å². The lowest BCUT2D eigenvalue weighted by Gasteiger charge is -2.12. The van der Waals surface area contributed by atoms with Gasteiger partial charge in [0, 0.05) is 33.3 Å². The van der Waals surface area contributed by atoms with Crippen molar-refractivity contribution >= 4 is 50.6 Å². The van der Waals surface area contributed by atoms with Crippen LogP contribution in [-0.4, -0.2) is 20.1 Å². The predicted octanol–water partition coefficient (Wildman–Crippen LogP) is 4.62. The maximum absolute atomic E-state index is 13.1. The molecular formula is C24H19Cl2N3O4S. The maximum atomic E-state index is 13.1. The molecule has 0 saturated carbocycles. The number of nitrogens with zero attached hydrogens (tertiary/aromatic N) is 1. The second-order valence-electron chi connectivity index (χ2n) is 7.54. The first kappa shape index (κ1) is 25.4. The summed E-state index contributed by atoms with van der Waals surface area (Å²) in [6.45, 7) is 1.65. The third kappa shape index (κ3) is 6.22. The molecule has 0 heterocycles. The van der Waals surface area contributed by atoms with E-state index < -0.39 is 10.0 Å². The second kappa shape index (κ2) is 10.4. The summed E-state index contributed by atoms with van der Waals surface area (Å²) in [5.74, 6) is -0.694. The number of sulfonamides is 1. The van der Waals surface area contributed by atoms with Crippen molar-refractivity contribution in [2.24, 2.45) is 5.14 Å². The monoisotopic (exact) mass is 515 g/mol. The number of hydrogen-bond acceptors (Lipinski definition) is 5. The van der Waals surface area contributed by atoms with Crippen molar-refractivity contribution in [1.82, 2.24) is 0 Å². The molecule has 0 aliphatic heterocycles. The molecule has 0 aliphatic carbocycles. The zero-order valence-electron chi connectivity index (χ0n) is 17.9. The molecule has 0 spiro atoms. The molecule has 0 bridgehead atoms. The fourth-order valence-corrected chi connectivity index (χ4v) is 4.34. The van der Waals surface area contributed by atoms with E-state index in [1.54, 1.807) is 19.1 Å². The van der Waals surface area contributed by atoms with E-state index in [1.165, 1.54) is 42.5 Å². The van der Waals surface area contributed by atoms with Gasteiger partial charge >= 0.3 is 0 Å². The van der Waals surface area contributed by atoms with E-state index in [1.807, 2.05) is 6.07 Å². The Kier molecular flexibility index (Phi) is 7.75. The van der Waals surface area contributed by atoms with Crippen LogP contribution < -0.4 is 10.5 Å². The van der Waals surface area contributed by atoms with Crippen molar-refractivity contribution in [2.75, 3.05) is 5.32 Å². The number of halogens is 2. The Bertz CT molecular complexity index is 1450. The molecule has 0 aliphatic rings. The summed E-state index contributed by atoms with van der Waals surface area (Å²) in [5.41, 5.74) is 2.39. The van der Waals surface area contributed by atoms with E-state index in [-0.39, 0.29) is 45.6 Å². The van der Waals surface area contributed by atoms with Crippen LogP contribution in [-0.2, 0) is 21.2 Å². The van der Waals surface area contributed by atoms with Gasteiger partial charge in [-0.1, -0.05) is 29.3 Å². The molecule has 174 valence electrons. The largest absolute Gasteiger partial charge is 0.326 e. The van der Waals surface area contributed by atoms with E-state index in [4.69, 9.17) is 33.6 Å². The number of benzene rings is 3. The highest BCUT2D eigenvalue weighted by Crippen LogP contribution is 2.24. The van der Waals surface area contributed by atoms with Gasteiger partial charge in [0.15, 0.2) is 5.78 Å². The van der Waals surface area contributed by atoms with Crippen molar-refractivity contribution in [3.63, 3.8) is 0 Å². The molecule has 0 unspecified atom stereocenters. The van der Waals surface area contributed by atoms with Crippen LogP contribution in [0.2, 0.25) is 10.0 Å². The Morgan fingerprint density at radius 2 is 1.76 bits per heavy atom. The number of primary sulfonamides is 1. The van der Waals surface area contributed by atoms with Crippen LogP contribution in [0.4, 0.5) is 5.69 Å². The summed E-state index contributed by atoms with van der Waals surface area (Å²) in [4.78, 5) is 25.6. The average Bonchev–Trinajstić information content (AvgIpc) is 2.77. The first-order chi connectivity index (χ1) is 16.0. The highest BCUT2D eigenvalue weighted by atomic mass is 35.5. The zero-order valence-corrected chi connectivity index (χ0v) is 20.3. The summed E-state index contributed by atoms with van der Waals surface area (Å²) in [6.07, 6.45) is 0.293. The third-order valence-corrected chi connectivity index (χ3v) is 6.39. The zero-order chi connectivity index (χ0) is 25.0. The van der Waals surface area contributed by atoms with Gasteiger partial charge < -0.3 is 5.32 Å².